The summed E-state index contributed by atoms with van der Waals surface area (Å²) >= 11 is 6.15. The summed E-state index contributed by atoms with van der Waals surface area (Å²) in [6, 6.07) is 10.8. The smallest absolute Gasteiger partial charge is 0.227 e. The molecule has 29 heavy (non-hydrogen) atoms. The van der Waals surface area contributed by atoms with Crippen LogP contribution in [0.5, 0.6) is 0 Å². The Morgan fingerprint density at radius 2 is 2.07 bits per heavy atom. The van der Waals surface area contributed by atoms with E-state index in [-0.39, 0.29) is 11.2 Å². The number of halogens is 1. The van der Waals surface area contributed by atoms with Crippen LogP contribution in [0.2, 0.25) is 5.02 Å². The Morgan fingerprint density at radius 1 is 1.24 bits per heavy atom. The van der Waals surface area contributed by atoms with Crippen molar-refractivity contribution in [2.75, 3.05) is 5.32 Å². The van der Waals surface area contributed by atoms with Gasteiger partial charge >= 0.3 is 0 Å². The van der Waals surface area contributed by atoms with Crippen LogP contribution in [-0.2, 0) is 4.79 Å². The average molecular weight is 409 g/mol. The summed E-state index contributed by atoms with van der Waals surface area (Å²) < 4.78 is 7.69. The molecule has 1 aromatic carbocycles. The third-order valence-corrected chi connectivity index (χ3v) is 5.68. The molecule has 1 atom stereocenters. The van der Waals surface area contributed by atoms with Gasteiger partial charge in [0.1, 0.15) is 17.6 Å². The van der Waals surface area contributed by atoms with Crippen molar-refractivity contribution in [3.63, 3.8) is 0 Å². The molecule has 0 spiro atoms. The number of aromatic nitrogens is 3. The lowest BCUT2D eigenvalue weighted by molar-refractivity contribution is -0.118. The van der Waals surface area contributed by atoms with Crippen molar-refractivity contribution >= 4 is 23.3 Å². The van der Waals surface area contributed by atoms with E-state index in [1.807, 2.05) is 43.3 Å². The highest BCUT2D eigenvalue weighted by atomic mass is 35.5. The maximum absolute atomic E-state index is 13.1. The number of nitrogens with one attached hydrogen (secondary N) is 1. The molecule has 3 heterocycles. The van der Waals surface area contributed by atoms with Crippen LogP contribution in [0, 0.1) is 12.3 Å². The average Bonchev–Trinajstić information content (AvgIpc) is 3.25. The van der Waals surface area contributed by atoms with Gasteiger partial charge in [-0.25, -0.2) is 4.68 Å². The van der Waals surface area contributed by atoms with Gasteiger partial charge in [0, 0.05) is 28.3 Å². The van der Waals surface area contributed by atoms with Gasteiger partial charge in [0.25, 0.3) is 0 Å². The molecular formula is C22H21ClN4O2. The lowest BCUT2D eigenvalue weighted by Gasteiger charge is -2.37. The molecule has 0 bridgehead atoms. The fourth-order valence-corrected chi connectivity index (χ4v) is 4.41. The van der Waals surface area contributed by atoms with Crippen LogP contribution in [0.15, 0.2) is 52.1 Å². The van der Waals surface area contributed by atoms with Gasteiger partial charge in [-0.05, 0) is 43.0 Å². The number of carbonyl (C=O) groups excluding carboxylic acids is 1. The Kier molecular flexibility index (Phi) is 3.96. The summed E-state index contributed by atoms with van der Waals surface area (Å²) in [6.07, 6.45) is 1.26. The molecule has 2 aromatic heterocycles. The van der Waals surface area contributed by atoms with Crippen LogP contribution in [0.3, 0.4) is 0 Å². The van der Waals surface area contributed by atoms with Gasteiger partial charge in [-0.3, -0.25) is 4.79 Å². The standard InChI is InChI=1S/C22H21ClN4O2/c1-12-7-8-17(29-12)19-18-15(10-22(2,3)11-16(18)28)24-21-25-20(26-27(19)21)13-5-4-6-14(23)9-13/h4-9,19H,10-11H2,1-3H3,(H,24,25,26). The minimum Gasteiger partial charge on any atom is -0.464 e. The Hall–Kier alpha value is -2.86. The number of aryl methyl sites for hydroxylation is 1. The molecule has 0 amide bonds. The Bertz CT molecular complexity index is 1170. The van der Waals surface area contributed by atoms with E-state index in [9.17, 15) is 4.79 Å². The van der Waals surface area contributed by atoms with Gasteiger partial charge < -0.3 is 9.73 Å². The van der Waals surface area contributed by atoms with E-state index in [4.69, 9.17) is 26.1 Å². The van der Waals surface area contributed by atoms with Crippen LogP contribution in [0.4, 0.5) is 5.95 Å². The maximum atomic E-state index is 13.1. The Balaban J connectivity index is 1.68. The zero-order chi connectivity index (χ0) is 20.3. The molecule has 0 saturated carbocycles. The van der Waals surface area contributed by atoms with E-state index in [1.165, 1.54) is 0 Å². The number of ketones is 1. The van der Waals surface area contributed by atoms with Crippen molar-refractivity contribution in [2.45, 2.75) is 39.7 Å². The highest BCUT2D eigenvalue weighted by Crippen LogP contribution is 2.45. The zero-order valence-corrected chi connectivity index (χ0v) is 17.2. The first-order chi connectivity index (χ1) is 13.8. The van der Waals surface area contributed by atoms with Gasteiger partial charge in [0.05, 0.1) is 0 Å². The molecule has 148 valence electrons. The summed E-state index contributed by atoms with van der Waals surface area (Å²) in [5.74, 6) is 2.75. The highest BCUT2D eigenvalue weighted by Gasteiger charge is 2.43. The number of furan rings is 1. The number of hydrogen-bond donors (Lipinski definition) is 1. The number of carbonyl (C=O) groups is 1. The molecule has 1 N–H and O–H groups in total. The predicted molar refractivity (Wildman–Crippen MR) is 111 cm³/mol. The number of benzene rings is 1. The monoisotopic (exact) mass is 408 g/mol. The summed E-state index contributed by atoms with van der Waals surface area (Å²) in [5, 5.41) is 8.72. The van der Waals surface area contributed by atoms with Crippen LogP contribution < -0.4 is 5.32 Å². The SMILES string of the molecule is Cc1ccc(C2C3=C(CC(C)(C)CC3=O)Nc3nc(-c4cccc(Cl)c4)nn32)o1. The van der Waals surface area contributed by atoms with Gasteiger partial charge in [-0.2, -0.15) is 4.98 Å². The van der Waals surface area contributed by atoms with E-state index in [1.54, 1.807) is 4.68 Å². The van der Waals surface area contributed by atoms with Crippen LogP contribution in [0.1, 0.15) is 44.3 Å². The second-order valence-corrected chi connectivity index (χ2v) is 8.96. The summed E-state index contributed by atoms with van der Waals surface area (Å²) in [6.45, 7) is 6.11. The molecule has 1 aliphatic carbocycles. The molecule has 5 rings (SSSR count). The largest absolute Gasteiger partial charge is 0.464 e. The van der Waals surface area contributed by atoms with Crippen molar-refractivity contribution in [1.82, 2.24) is 14.8 Å². The summed E-state index contributed by atoms with van der Waals surface area (Å²) in [5.41, 5.74) is 2.33. The molecule has 1 aliphatic heterocycles. The number of fused-ring (bicyclic) bond motifs is 1. The molecule has 0 fully saturated rings. The van der Waals surface area contributed by atoms with Gasteiger partial charge in [-0.15, -0.1) is 5.10 Å². The number of Topliss-reactive ketones (excluding diaryl/α,β-unsaturated/α-hetero) is 1. The number of hydrogen-bond acceptors (Lipinski definition) is 5. The molecule has 0 radical (unpaired) electrons. The van der Waals surface area contributed by atoms with E-state index in [0.29, 0.717) is 34.5 Å². The quantitative estimate of drug-likeness (QED) is 0.634. The van der Waals surface area contributed by atoms with E-state index in [0.717, 1.165) is 23.4 Å². The summed E-state index contributed by atoms with van der Waals surface area (Å²) in [4.78, 5) is 17.9. The normalized spacial score (nSPS) is 20.3. The molecular weight excluding hydrogens is 388 g/mol. The maximum Gasteiger partial charge on any atom is 0.227 e. The Labute approximate surface area is 173 Å². The predicted octanol–water partition coefficient (Wildman–Crippen LogP) is 5.16. The zero-order valence-electron chi connectivity index (χ0n) is 16.5. The molecule has 2 aliphatic rings. The lowest BCUT2D eigenvalue weighted by atomic mass is 9.73. The van der Waals surface area contributed by atoms with Crippen molar-refractivity contribution in [1.29, 1.82) is 0 Å². The minimum atomic E-state index is -0.431. The van der Waals surface area contributed by atoms with Gasteiger partial charge in [0.2, 0.25) is 5.95 Å². The Morgan fingerprint density at radius 3 is 2.79 bits per heavy atom. The van der Waals surface area contributed by atoms with Gasteiger partial charge in [-0.1, -0.05) is 37.6 Å². The molecule has 1 unspecified atom stereocenters. The minimum absolute atomic E-state index is 0.107. The molecule has 6 nitrogen and oxygen atoms in total. The summed E-state index contributed by atoms with van der Waals surface area (Å²) in [7, 11) is 0. The third-order valence-electron chi connectivity index (χ3n) is 5.45. The topological polar surface area (TPSA) is 73.0 Å². The van der Waals surface area contributed by atoms with E-state index < -0.39 is 6.04 Å². The first-order valence-electron chi connectivity index (χ1n) is 9.63. The molecule has 0 saturated heterocycles. The van der Waals surface area contributed by atoms with Crippen molar-refractivity contribution < 1.29 is 9.21 Å². The first-order valence-corrected chi connectivity index (χ1v) is 10.0. The number of allylic oxidation sites excluding steroid dienone is 2. The number of anilines is 1. The van der Waals surface area contributed by atoms with Crippen molar-refractivity contribution in [3.05, 3.63) is 64.2 Å². The lowest BCUT2D eigenvalue weighted by Crippen LogP contribution is -2.36. The first kappa shape index (κ1) is 18.2. The third kappa shape index (κ3) is 3.08. The molecule has 7 heteroatoms. The van der Waals surface area contributed by atoms with Crippen LogP contribution in [0.25, 0.3) is 11.4 Å². The number of rotatable bonds is 2. The highest BCUT2D eigenvalue weighted by molar-refractivity contribution is 6.30. The van der Waals surface area contributed by atoms with E-state index >= 15 is 0 Å². The molecule has 3 aromatic rings. The fourth-order valence-electron chi connectivity index (χ4n) is 4.22. The second-order valence-electron chi connectivity index (χ2n) is 8.52. The van der Waals surface area contributed by atoms with Crippen molar-refractivity contribution in [3.8, 4) is 11.4 Å². The fraction of sp³-hybridized carbons (Fsp3) is 0.318. The van der Waals surface area contributed by atoms with Crippen molar-refractivity contribution in [2.24, 2.45) is 5.41 Å². The van der Waals surface area contributed by atoms with Gasteiger partial charge in [0.15, 0.2) is 11.6 Å². The van der Waals surface area contributed by atoms with Crippen LogP contribution in [-0.4, -0.2) is 20.5 Å². The van der Waals surface area contributed by atoms with Crippen LogP contribution >= 0.6 is 11.6 Å². The van der Waals surface area contributed by atoms with E-state index in [2.05, 4.69) is 19.2 Å². The number of nitrogens with zero attached hydrogens (tertiary/aromatic N) is 3. The second kappa shape index (κ2) is 6.32.